The lowest BCUT2D eigenvalue weighted by Crippen LogP contribution is -2.52. The third kappa shape index (κ3) is 3.53. The highest BCUT2D eigenvalue weighted by Gasteiger charge is 2.33. The molecule has 0 radical (unpaired) electrons. The Kier molecular flexibility index (Phi) is 5.04. The topological polar surface area (TPSA) is 75.9 Å². The maximum absolute atomic E-state index is 12.9. The van der Waals surface area contributed by atoms with Crippen LogP contribution in [0.2, 0.25) is 0 Å². The molecular weight excluding hydrogens is 306 g/mol. The number of carbonyl (C=O) groups is 2. The van der Waals surface area contributed by atoms with Gasteiger partial charge in [-0.15, -0.1) is 0 Å². The fourth-order valence-electron chi connectivity index (χ4n) is 3.52. The number of anilines is 1. The lowest BCUT2D eigenvalue weighted by atomic mass is 9.96. The Hall–Kier alpha value is -2.08. The number of benzene rings is 1. The molecule has 0 aromatic heterocycles. The summed E-state index contributed by atoms with van der Waals surface area (Å²) >= 11 is 0. The van der Waals surface area contributed by atoms with E-state index < -0.39 is 12.0 Å². The number of rotatable bonds is 4. The first-order valence-corrected chi connectivity index (χ1v) is 8.66. The van der Waals surface area contributed by atoms with E-state index in [1.165, 1.54) is 6.42 Å². The summed E-state index contributed by atoms with van der Waals surface area (Å²) in [6.45, 7) is 4.67. The van der Waals surface area contributed by atoms with Crippen molar-refractivity contribution >= 4 is 17.5 Å². The number of likely N-dealkylation sites (tertiary alicyclic amines) is 1. The fourth-order valence-corrected chi connectivity index (χ4v) is 3.52. The summed E-state index contributed by atoms with van der Waals surface area (Å²) in [5.41, 5.74) is 6.11. The van der Waals surface area contributed by atoms with Crippen LogP contribution in [0.25, 0.3) is 0 Å². The summed E-state index contributed by atoms with van der Waals surface area (Å²) in [4.78, 5) is 28.3. The molecule has 0 saturated carbocycles. The van der Waals surface area contributed by atoms with Gasteiger partial charge in [-0.05, 0) is 37.4 Å². The van der Waals surface area contributed by atoms with Crippen molar-refractivity contribution in [2.45, 2.75) is 32.3 Å². The molecule has 1 aromatic carbocycles. The van der Waals surface area contributed by atoms with Crippen molar-refractivity contribution in [2.24, 2.45) is 11.7 Å². The van der Waals surface area contributed by atoms with Crippen LogP contribution in [-0.4, -0.2) is 49.0 Å². The molecule has 2 amide bonds. The highest BCUT2D eigenvalue weighted by Crippen LogP contribution is 2.33. The molecule has 2 aliphatic heterocycles. The van der Waals surface area contributed by atoms with Crippen LogP contribution in [0.15, 0.2) is 24.3 Å². The number of para-hydroxylation sites is 2. The van der Waals surface area contributed by atoms with Gasteiger partial charge in [0, 0.05) is 6.54 Å². The zero-order valence-electron chi connectivity index (χ0n) is 14.1. The first-order valence-electron chi connectivity index (χ1n) is 8.66. The van der Waals surface area contributed by atoms with Crippen molar-refractivity contribution < 1.29 is 14.3 Å². The van der Waals surface area contributed by atoms with Gasteiger partial charge in [0.2, 0.25) is 5.91 Å². The second kappa shape index (κ2) is 7.21. The minimum absolute atomic E-state index is 0.00578. The maximum atomic E-state index is 12.9. The lowest BCUT2D eigenvalue weighted by molar-refractivity contribution is -0.125. The highest BCUT2D eigenvalue weighted by atomic mass is 16.5. The number of nitrogens with zero attached hydrogens (tertiary/aromatic N) is 2. The third-order valence-electron chi connectivity index (χ3n) is 4.93. The van der Waals surface area contributed by atoms with Gasteiger partial charge in [0.25, 0.3) is 5.91 Å². The summed E-state index contributed by atoms with van der Waals surface area (Å²) in [6, 6.07) is 7.29. The van der Waals surface area contributed by atoms with Crippen LogP contribution in [0, 0.1) is 5.92 Å². The molecular formula is C18H25N3O3. The largest absolute Gasteiger partial charge is 0.477 e. The Balaban J connectivity index is 1.74. The number of amides is 2. The molecule has 6 nitrogen and oxygen atoms in total. The molecule has 1 aromatic rings. The van der Waals surface area contributed by atoms with Crippen molar-refractivity contribution in [3.63, 3.8) is 0 Å². The fraction of sp³-hybridized carbons (Fsp3) is 0.556. The quantitative estimate of drug-likeness (QED) is 0.904. The van der Waals surface area contributed by atoms with Gasteiger partial charge in [-0.3, -0.25) is 14.5 Å². The maximum Gasteiger partial charge on any atom is 0.260 e. The standard InChI is InChI=1S/C18H25N3O3/c1-2-13-6-5-9-20(10-13)12-17(22)21-11-16(18(19)23)24-15-8-4-3-7-14(15)21/h3-4,7-8,13,16H,2,5-6,9-12H2,1H3,(H2,19,23). The van der Waals surface area contributed by atoms with Crippen molar-refractivity contribution in [1.82, 2.24) is 4.90 Å². The number of carbonyl (C=O) groups excluding carboxylic acids is 2. The SMILES string of the molecule is CCC1CCCN(CC(=O)N2CC(C(N)=O)Oc3ccccc32)C1. The molecule has 0 aliphatic carbocycles. The second-order valence-corrected chi connectivity index (χ2v) is 6.63. The van der Waals surface area contributed by atoms with E-state index in [1.54, 1.807) is 11.0 Å². The van der Waals surface area contributed by atoms with Crippen LogP contribution in [-0.2, 0) is 9.59 Å². The number of fused-ring (bicyclic) bond motifs is 1. The van der Waals surface area contributed by atoms with Crippen molar-refractivity contribution in [3.8, 4) is 5.75 Å². The molecule has 3 rings (SSSR count). The third-order valence-corrected chi connectivity index (χ3v) is 4.93. The van der Waals surface area contributed by atoms with Gasteiger partial charge in [-0.2, -0.15) is 0 Å². The minimum atomic E-state index is -0.798. The van der Waals surface area contributed by atoms with E-state index in [-0.39, 0.29) is 12.5 Å². The average Bonchev–Trinajstić information content (AvgIpc) is 2.60. The number of hydrogen-bond acceptors (Lipinski definition) is 4. The van der Waals surface area contributed by atoms with Crippen LogP contribution in [0.5, 0.6) is 5.75 Å². The van der Waals surface area contributed by atoms with E-state index in [0.29, 0.717) is 23.9 Å². The molecule has 24 heavy (non-hydrogen) atoms. The zero-order valence-corrected chi connectivity index (χ0v) is 14.1. The summed E-state index contributed by atoms with van der Waals surface area (Å²) in [5, 5.41) is 0. The van der Waals surface area contributed by atoms with Crippen molar-refractivity contribution in [1.29, 1.82) is 0 Å². The van der Waals surface area contributed by atoms with E-state index in [2.05, 4.69) is 11.8 Å². The molecule has 130 valence electrons. The smallest absolute Gasteiger partial charge is 0.260 e. The van der Waals surface area contributed by atoms with Gasteiger partial charge >= 0.3 is 0 Å². The van der Waals surface area contributed by atoms with Gasteiger partial charge in [-0.1, -0.05) is 25.5 Å². The lowest BCUT2D eigenvalue weighted by Gasteiger charge is -2.36. The van der Waals surface area contributed by atoms with Gasteiger partial charge in [0.05, 0.1) is 18.8 Å². The van der Waals surface area contributed by atoms with Gasteiger partial charge in [-0.25, -0.2) is 0 Å². The number of primary amides is 1. The molecule has 0 spiro atoms. The molecule has 2 N–H and O–H groups in total. The predicted molar refractivity (Wildman–Crippen MR) is 91.9 cm³/mol. The number of ether oxygens (including phenoxy) is 1. The van der Waals surface area contributed by atoms with E-state index in [0.717, 1.165) is 25.9 Å². The highest BCUT2D eigenvalue weighted by molar-refractivity contribution is 5.98. The summed E-state index contributed by atoms with van der Waals surface area (Å²) in [5.74, 6) is 0.646. The first-order chi connectivity index (χ1) is 11.6. The number of piperidine rings is 1. The zero-order chi connectivity index (χ0) is 17.1. The van der Waals surface area contributed by atoms with Gasteiger partial charge in [0.15, 0.2) is 6.10 Å². The normalized spacial score (nSPS) is 24.1. The van der Waals surface area contributed by atoms with Crippen LogP contribution < -0.4 is 15.4 Å². The summed E-state index contributed by atoms with van der Waals surface area (Å²) in [7, 11) is 0. The van der Waals surface area contributed by atoms with Crippen molar-refractivity contribution in [2.75, 3.05) is 31.1 Å². The van der Waals surface area contributed by atoms with Crippen LogP contribution >= 0.6 is 0 Å². The summed E-state index contributed by atoms with van der Waals surface area (Å²) < 4.78 is 5.62. The number of nitrogens with two attached hydrogens (primary N) is 1. The molecule has 1 fully saturated rings. The molecule has 2 heterocycles. The van der Waals surface area contributed by atoms with Gasteiger partial charge in [0.1, 0.15) is 5.75 Å². The van der Waals surface area contributed by atoms with Crippen LogP contribution in [0.3, 0.4) is 0 Å². The monoisotopic (exact) mass is 331 g/mol. The Morgan fingerprint density at radius 1 is 1.29 bits per heavy atom. The Labute approximate surface area is 142 Å². The predicted octanol–water partition coefficient (Wildman–Crippen LogP) is 1.39. The van der Waals surface area contributed by atoms with E-state index in [1.807, 2.05) is 18.2 Å². The van der Waals surface area contributed by atoms with E-state index in [4.69, 9.17) is 10.5 Å². The second-order valence-electron chi connectivity index (χ2n) is 6.63. The molecule has 0 bridgehead atoms. The molecule has 2 unspecified atom stereocenters. The van der Waals surface area contributed by atoms with Crippen LogP contribution in [0.1, 0.15) is 26.2 Å². The molecule has 2 aliphatic rings. The Morgan fingerprint density at radius 3 is 2.83 bits per heavy atom. The van der Waals surface area contributed by atoms with E-state index >= 15 is 0 Å². The molecule has 1 saturated heterocycles. The molecule has 6 heteroatoms. The average molecular weight is 331 g/mol. The van der Waals surface area contributed by atoms with E-state index in [9.17, 15) is 9.59 Å². The Bertz CT molecular complexity index is 619. The van der Waals surface area contributed by atoms with Crippen LogP contribution in [0.4, 0.5) is 5.69 Å². The Morgan fingerprint density at radius 2 is 2.08 bits per heavy atom. The minimum Gasteiger partial charge on any atom is -0.477 e. The summed E-state index contributed by atoms with van der Waals surface area (Å²) in [6.07, 6.45) is 2.73. The first kappa shape index (κ1) is 16.8. The van der Waals surface area contributed by atoms with Crippen molar-refractivity contribution in [3.05, 3.63) is 24.3 Å². The van der Waals surface area contributed by atoms with Gasteiger partial charge < -0.3 is 15.4 Å². The number of hydrogen-bond donors (Lipinski definition) is 1. The molecule has 2 atom stereocenters.